The van der Waals surface area contributed by atoms with Crippen molar-refractivity contribution in [3.63, 3.8) is 0 Å². The number of fused-ring (bicyclic) bond motifs is 1. The fourth-order valence-corrected chi connectivity index (χ4v) is 2.29. The topological polar surface area (TPSA) is 63.4 Å². The highest BCUT2D eigenvalue weighted by Gasteiger charge is 2.14. The van der Waals surface area contributed by atoms with Crippen molar-refractivity contribution in [1.82, 2.24) is 4.98 Å². The summed E-state index contributed by atoms with van der Waals surface area (Å²) in [4.78, 5) is 14.8. The van der Waals surface area contributed by atoms with Gasteiger partial charge in [-0.3, -0.25) is 0 Å². The molecule has 5 heteroatoms. The molecular weight excluding hydrogens is 280 g/mol. The summed E-state index contributed by atoms with van der Waals surface area (Å²) in [6.45, 7) is 7.03. The van der Waals surface area contributed by atoms with Gasteiger partial charge in [-0.2, -0.15) is 0 Å². The minimum Gasteiger partial charge on any atom is -0.490 e. The number of esters is 1. The van der Waals surface area contributed by atoms with Crippen LogP contribution >= 0.6 is 0 Å². The van der Waals surface area contributed by atoms with Gasteiger partial charge in [-0.05, 0) is 32.4 Å². The molecule has 1 aromatic heterocycles. The lowest BCUT2D eigenvalue weighted by atomic mass is 10.2. The zero-order valence-corrected chi connectivity index (χ0v) is 13.7. The molecule has 0 unspecified atom stereocenters. The number of anilines is 1. The van der Waals surface area contributed by atoms with E-state index >= 15 is 0 Å². The van der Waals surface area contributed by atoms with Crippen LogP contribution in [0.25, 0.3) is 10.9 Å². The first-order valence-electron chi connectivity index (χ1n) is 7.70. The van der Waals surface area contributed by atoms with E-state index in [1.54, 1.807) is 6.07 Å². The van der Waals surface area contributed by atoms with Gasteiger partial charge in [-0.25, -0.2) is 4.79 Å². The molecular formula is C17H24N2O3. The molecule has 2 aromatic rings. The van der Waals surface area contributed by atoms with E-state index in [-0.39, 0.29) is 12.1 Å². The number of hydrogen-bond donors (Lipinski definition) is 2. The number of unbranched alkanes of at least 4 members (excludes halogenated alkanes) is 1. The molecule has 120 valence electrons. The summed E-state index contributed by atoms with van der Waals surface area (Å²) in [5, 5.41) is 4.27. The van der Waals surface area contributed by atoms with Gasteiger partial charge in [0.25, 0.3) is 0 Å². The third-order valence-corrected chi connectivity index (χ3v) is 3.33. The summed E-state index contributed by atoms with van der Waals surface area (Å²) in [7, 11) is 1.37. The molecule has 0 bridgehead atoms. The Kier molecular flexibility index (Phi) is 5.31. The maximum absolute atomic E-state index is 11.7. The Balaban J connectivity index is 2.40. The molecule has 0 amide bonds. The number of aromatic nitrogens is 1. The maximum Gasteiger partial charge on any atom is 0.354 e. The molecule has 0 saturated heterocycles. The number of ether oxygens (including phenoxy) is 2. The van der Waals surface area contributed by atoms with E-state index in [4.69, 9.17) is 9.47 Å². The van der Waals surface area contributed by atoms with E-state index < -0.39 is 0 Å². The van der Waals surface area contributed by atoms with Crippen molar-refractivity contribution in [2.75, 3.05) is 19.0 Å². The van der Waals surface area contributed by atoms with Crippen LogP contribution in [0, 0.1) is 0 Å². The summed E-state index contributed by atoms with van der Waals surface area (Å²) in [5.74, 6) is 0.380. The van der Waals surface area contributed by atoms with Crippen molar-refractivity contribution in [2.24, 2.45) is 0 Å². The van der Waals surface area contributed by atoms with Crippen molar-refractivity contribution in [3.05, 3.63) is 23.9 Å². The van der Waals surface area contributed by atoms with Crippen LogP contribution in [0.3, 0.4) is 0 Å². The Labute approximate surface area is 131 Å². The van der Waals surface area contributed by atoms with Crippen LogP contribution in [-0.2, 0) is 4.74 Å². The molecule has 0 saturated carbocycles. The standard InChI is InChI=1S/C17H24N2O3/c1-5-6-7-18-12-8-14-13(16(9-12)22-11(2)3)10-15(19-14)17(20)21-4/h8-11,18-19H,5-7H2,1-4H3. The summed E-state index contributed by atoms with van der Waals surface area (Å²) >= 11 is 0. The van der Waals surface area contributed by atoms with Crippen molar-refractivity contribution >= 4 is 22.6 Å². The van der Waals surface area contributed by atoms with E-state index in [9.17, 15) is 4.79 Å². The molecule has 2 N–H and O–H groups in total. The fourth-order valence-electron chi connectivity index (χ4n) is 2.29. The van der Waals surface area contributed by atoms with Crippen LogP contribution in [0.5, 0.6) is 5.75 Å². The largest absolute Gasteiger partial charge is 0.490 e. The van der Waals surface area contributed by atoms with Gasteiger partial charge in [-0.1, -0.05) is 13.3 Å². The van der Waals surface area contributed by atoms with Crippen LogP contribution in [0.2, 0.25) is 0 Å². The Bertz CT molecular complexity index is 647. The molecule has 0 atom stereocenters. The predicted molar refractivity (Wildman–Crippen MR) is 88.8 cm³/mol. The number of benzene rings is 1. The van der Waals surface area contributed by atoms with Gasteiger partial charge in [0, 0.05) is 23.7 Å². The molecule has 1 heterocycles. The molecule has 0 radical (unpaired) electrons. The number of methoxy groups -OCH3 is 1. The average molecular weight is 304 g/mol. The van der Waals surface area contributed by atoms with Gasteiger partial charge in [0.1, 0.15) is 11.4 Å². The molecule has 0 aliphatic carbocycles. The van der Waals surface area contributed by atoms with Gasteiger partial charge >= 0.3 is 5.97 Å². The first-order chi connectivity index (χ1) is 10.5. The number of H-pyrrole nitrogens is 1. The first-order valence-corrected chi connectivity index (χ1v) is 7.70. The third kappa shape index (κ3) is 3.72. The van der Waals surface area contributed by atoms with Crippen LogP contribution in [0.4, 0.5) is 5.69 Å². The minimum absolute atomic E-state index is 0.0607. The second-order valence-corrected chi connectivity index (χ2v) is 5.56. The van der Waals surface area contributed by atoms with Crippen LogP contribution in [0.15, 0.2) is 18.2 Å². The first kappa shape index (κ1) is 16.2. The summed E-state index contributed by atoms with van der Waals surface area (Å²) in [6, 6.07) is 5.74. The van der Waals surface area contributed by atoms with Gasteiger partial charge < -0.3 is 19.8 Å². The Morgan fingerprint density at radius 1 is 1.32 bits per heavy atom. The molecule has 1 aromatic carbocycles. The SMILES string of the molecule is CCCCNc1cc(OC(C)C)c2cc(C(=O)OC)[nH]c2c1. The molecule has 2 rings (SSSR count). The minimum atomic E-state index is -0.382. The molecule has 0 aliphatic heterocycles. The van der Waals surface area contributed by atoms with E-state index in [1.807, 2.05) is 26.0 Å². The highest BCUT2D eigenvalue weighted by Crippen LogP contribution is 2.31. The Hall–Kier alpha value is -2.17. The third-order valence-electron chi connectivity index (χ3n) is 3.33. The second-order valence-electron chi connectivity index (χ2n) is 5.56. The molecule has 22 heavy (non-hydrogen) atoms. The monoisotopic (exact) mass is 304 g/mol. The zero-order valence-electron chi connectivity index (χ0n) is 13.7. The molecule has 0 fully saturated rings. The number of hydrogen-bond acceptors (Lipinski definition) is 4. The van der Waals surface area contributed by atoms with Gasteiger partial charge in [0.05, 0.1) is 18.7 Å². The predicted octanol–water partition coefficient (Wildman–Crippen LogP) is 3.95. The van der Waals surface area contributed by atoms with Crippen molar-refractivity contribution in [3.8, 4) is 5.75 Å². The Morgan fingerprint density at radius 3 is 2.73 bits per heavy atom. The van der Waals surface area contributed by atoms with Crippen molar-refractivity contribution < 1.29 is 14.3 Å². The molecule has 0 aliphatic rings. The number of rotatable bonds is 7. The normalized spacial score (nSPS) is 11.0. The summed E-state index contributed by atoms with van der Waals surface area (Å²) in [5.41, 5.74) is 2.27. The maximum atomic E-state index is 11.7. The van der Waals surface area contributed by atoms with Crippen LogP contribution in [-0.4, -0.2) is 30.7 Å². The lowest BCUT2D eigenvalue weighted by Crippen LogP contribution is -2.07. The van der Waals surface area contributed by atoms with Gasteiger partial charge in [-0.15, -0.1) is 0 Å². The van der Waals surface area contributed by atoms with E-state index in [0.29, 0.717) is 5.69 Å². The van der Waals surface area contributed by atoms with Crippen LogP contribution in [0.1, 0.15) is 44.1 Å². The zero-order chi connectivity index (χ0) is 16.1. The second kappa shape index (κ2) is 7.20. The van der Waals surface area contributed by atoms with Crippen molar-refractivity contribution in [1.29, 1.82) is 0 Å². The van der Waals surface area contributed by atoms with Gasteiger partial charge in [0.15, 0.2) is 0 Å². The van der Waals surface area contributed by atoms with Crippen LogP contribution < -0.4 is 10.1 Å². The lowest BCUT2D eigenvalue weighted by molar-refractivity contribution is 0.0595. The smallest absolute Gasteiger partial charge is 0.354 e. The average Bonchev–Trinajstić information content (AvgIpc) is 2.90. The Morgan fingerprint density at radius 2 is 2.09 bits per heavy atom. The summed E-state index contributed by atoms with van der Waals surface area (Å²) < 4.78 is 10.7. The number of carbonyl (C=O) groups is 1. The number of carbonyl (C=O) groups excluding carboxylic acids is 1. The van der Waals surface area contributed by atoms with E-state index in [0.717, 1.165) is 41.7 Å². The highest BCUT2D eigenvalue weighted by molar-refractivity contribution is 5.98. The highest BCUT2D eigenvalue weighted by atomic mass is 16.5. The van der Waals surface area contributed by atoms with Gasteiger partial charge in [0.2, 0.25) is 0 Å². The lowest BCUT2D eigenvalue weighted by Gasteiger charge is -2.13. The molecule has 5 nitrogen and oxygen atoms in total. The van der Waals surface area contributed by atoms with E-state index in [2.05, 4.69) is 17.2 Å². The number of nitrogens with one attached hydrogen (secondary N) is 2. The van der Waals surface area contributed by atoms with Crippen molar-refractivity contribution in [2.45, 2.75) is 39.7 Å². The fraction of sp³-hybridized carbons (Fsp3) is 0.471. The van der Waals surface area contributed by atoms with E-state index in [1.165, 1.54) is 7.11 Å². The molecule has 0 spiro atoms. The number of aromatic amines is 1. The quantitative estimate of drug-likeness (QED) is 0.600. The summed E-state index contributed by atoms with van der Waals surface area (Å²) in [6.07, 6.45) is 2.31.